The number of rotatable bonds is 3. The molecule has 3 heterocycles. The van der Waals surface area contributed by atoms with Gasteiger partial charge in [0.05, 0.1) is 22.6 Å². The van der Waals surface area contributed by atoms with E-state index in [9.17, 15) is 19.7 Å². The van der Waals surface area contributed by atoms with Crippen LogP contribution in [-0.2, 0) is 9.59 Å². The standard InChI is InChI=1S/C21H19ClN4O4/c1-12-3-5-13(6-4-12)18-17-19(24-10-2-9-23(18)24)21(28)25(20(17)27)14-7-8-15(22)16(11-14)26(29)30/h3-8,11,17-19H,2,9-10H2,1H3/t17-,18+,19-/m1/s1. The fourth-order valence-electron chi connectivity index (χ4n) is 4.91. The van der Waals surface area contributed by atoms with Crippen molar-refractivity contribution in [2.45, 2.75) is 25.4 Å². The number of hydrogen-bond donors (Lipinski definition) is 0. The van der Waals surface area contributed by atoms with E-state index in [1.54, 1.807) is 0 Å². The minimum atomic E-state index is -0.616. The smallest absolute Gasteiger partial charge is 0.274 e. The molecule has 30 heavy (non-hydrogen) atoms. The van der Waals surface area contributed by atoms with E-state index in [4.69, 9.17) is 11.6 Å². The fraction of sp³-hybridized carbons (Fsp3) is 0.333. The summed E-state index contributed by atoms with van der Waals surface area (Å²) >= 11 is 5.91. The van der Waals surface area contributed by atoms with Crippen molar-refractivity contribution in [1.82, 2.24) is 10.0 Å². The van der Waals surface area contributed by atoms with Crippen LogP contribution in [0.5, 0.6) is 0 Å². The van der Waals surface area contributed by atoms with Crippen molar-refractivity contribution in [1.29, 1.82) is 0 Å². The second-order valence-corrected chi connectivity index (χ2v) is 8.32. The zero-order valence-corrected chi connectivity index (χ0v) is 17.0. The number of anilines is 1. The highest BCUT2D eigenvalue weighted by molar-refractivity contribution is 6.33. The van der Waals surface area contributed by atoms with E-state index in [1.807, 2.05) is 36.2 Å². The van der Waals surface area contributed by atoms with Crippen LogP contribution in [-0.4, -0.2) is 45.9 Å². The predicted molar refractivity (Wildman–Crippen MR) is 110 cm³/mol. The van der Waals surface area contributed by atoms with Gasteiger partial charge < -0.3 is 0 Å². The number of imide groups is 1. The Morgan fingerprint density at radius 2 is 1.67 bits per heavy atom. The van der Waals surface area contributed by atoms with Gasteiger partial charge in [-0.15, -0.1) is 0 Å². The third-order valence-corrected chi connectivity index (χ3v) is 6.53. The third kappa shape index (κ3) is 2.68. The Kier molecular flexibility index (Phi) is 4.39. The van der Waals surface area contributed by atoms with Crippen LogP contribution in [0.3, 0.4) is 0 Å². The van der Waals surface area contributed by atoms with Crippen LogP contribution in [0, 0.1) is 23.0 Å². The fourth-order valence-corrected chi connectivity index (χ4v) is 5.10. The Morgan fingerprint density at radius 1 is 1.00 bits per heavy atom. The Morgan fingerprint density at radius 3 is 2.33 bits per heavy atom. The van der Waals surface area contributed by atoms with Gasteiger partial charge in [-0.1, -0.05) is 41.4 Å². The normalized spacial score (nSPS) is 26.3. The number of nitro benzene ring substituents is 1. The summed E-state index contributed by atoms with van der Waals surface area (Å²) in [5.41, 5.74) is 1.97. The molecule has 0 saturated carbocycles. The van der Waals surface area contributed by atoms with E-state index >= 15 is 0 Å². The number of nitro groups is 1. The van der Waals surface area contributed by atoms with Crippen LogP contribution >= 0.6 is 11.6 Å². The van der Waals surface area contributed by atoms with Gasteiger partial charge in [-0.3, -0.25) is 19.7 Å². The number of fused-ring (bicyclic) bond motifs is 3. The van der Waals surface area contributed by atoms with Crippen LogP contribution in [0.2, 0.25) is 5.02 Å². The molecule has 3 aliphatic heterocycles. The number of benzene rings is 2. The third-order valence-electron chi connectivity index (χ3n) is 6.21. The molecule has 0 aromatic heterocycles. The van der Waals surface area contributed by atoms with Gasteiger partial charge in [0.15, 0.2) is 0 Å². The molecule has 2 aromatic rings. The number of hydrazine groups is 1. The van der Waals surface area contributed by atoms with Gasteiger partial charge in [0, 0.05) is 19.2 Å². The highest BCUT2D eigenvalue weighted by Crippen LogP contribution is 2.49. The number of hydrogen-bond acceptors (Lipinski definition) is 6. The zero-order valence-electron chi connectivity index (χ0n) is 16.2. The molecule has 2 amide bonds. The van der Waals surface area contributed by atoms with Crippen LogP contribution in [0.1, 0.15) is 23.6 Å². The molecule has 3 saturated heterocycles. The molecule has 3 aliphatic rings. The number of carbonyl (C=O) groups is 2. The van der Waals surface area contributed by atoms with Gasteiger partial charge in [0.1, 0.15) is 11.1 Å². The van der Waals surface area contributed by atoms with Crippen LogP contribution in [0.15, 0.2) is 42.5 Å². The van der Waals surface area contributed by atoms with Crippen LogP contribution in [0.4, 0.5) is 11.4 Å². The maximum atomic E-state index is 13.5. The van der Waals surface area contributed by atoms with Gasteiger partial charge in [-0.25, -0.2) is 14.9 Å². The first kappa shape index (κ1) is 19.2. The minimum absolute atomic E-state index is 0.0358. The summed E-state index contributed by atoms with van der Waals surface area (Å²) < 4.78 is 0. The van der Waals surface area contributed by atoms with Gasteiger partial charge in [-0.2, -0.15) is 0 Å². The monoisotopic (exact) mass is 426 g/mol. The molecule has 9 heteroatoms. The van der Waals surface area contributed by atoms with Crippen molar-refractivity contribution in [3.05, 3.63) is 68.7 Å². The van der Waals surface area contributed by atoms with Crippen molar-refractivity contribution >= 4 is 34.8 Å². The van der Waals surface area contributed by atoms with Crippen molar-refractivity contribution < 1.29 is 14.5 Å². The second-order valence-electron chi connectivity index (χ2n) is 7.91. The first-order chi connectivity index (χ1) is 14.4. The molecule has 8 nitrogen and oxygen atoms in total. The summed E-state index contributed by atoms with van der Waals surface area (Å²) in [4.78, 5) is 38.6. The van der Waals surface area contributed by atoms with E-state index in [1.165, 1.54) is 18.2 Å². The highest BCUT2D eigenvalue weighted by Gasteiger charge is 2.62. The number of nitrogens with zero attached hydrogens (tertiary/aromatic N) is 4. The van der Waals surface area contributed by atoms with E-state index in [0.717, 1.165) is 29.0 Å². The Hall–Kier alpha value is -2.81. The molecular formula is C21H19ClN4O4. The molecule has 2 aromatic carbocycles. The molecule has 154 valence electrons. The zero-order chi connectivity index (χ0) is 21.2. The van der Waals surface area contributed by atoms with Crippen molar-refractivity contribution in [2.75, 3.05) is 18.0 Å². The molecular weight excluding hydrogens is 408 g/mol. The van der Waals surface area contributed by atoms with Crippen molar-refractivity contribution in [2.24, 2.45) is 5.92 Å². The van der Waals surface area contributed by atoms with Crippen molar-refractivity contribution in [3.8, 4) is 0 Å². The molecule has 0 radical (unpaired) electrons. The average molecular weight is 427 g/mol. The molecule has 0 bridgehead atoms. The quantitative estimate of drug-likeness (QED) is 0.426. The summed E-state index contributed by atoms with van der Waals surface area (Å²) in [6, 6.07) is 11.2. The van der Waals surface area contributed by atoms with Gasteiger partial charge in [0.25, 0.3) is 11.6 Å². The van der Waals surface area contributed by atoms with Gasteiger partial charge in [-0.05, 0) is 31.0 Å². The Balaban J connectivity index is 1.58. The number of carbonyl (C=O) groups excluding carboxylic acids is 2. The number of halogens is 1. The second kappa shape index (κ2) is 6.87. The first-order valence-electron chi connectivity index (χ1n) is 9.80. The highest BCUT2D eigenvalue weighted by atomic mass is 35.5. The lowest BCUT2D eigenvalue weighted by Gasteiger charge is -2.29. The molecule has 0 unspecified atom stereocenters. The molecule has 3 atom stereocenters. The number of aryl methyl sites for hydroxylation is 1. The van der Waals surface area contributed by atoms with E-state index in [0.29, 0.717) is 6.54 Å². The molecule has 0 N–H and O–H groups in total. The summed E-state index contributed by atoms with van der Waals surface area (Å²) in [6.07, 6.45) is 0.916. The largest absolute Gasteiger partial charge is 0.289 e. The number of amides is 2. The lowest BCUT2D eigenvalue weighted by atomic mass is 9.89. The SMILES string of the molecule is Cc1ccc([C@H]2[C@H]3C(=O)N(c4ccc(Cl)c([N+](=O)[O-])c4)C(=O)[C@@H]3N3CCCN23)cc1. The summed E-state index contributed by atoms with van der Waals surface area (Å²) in [5.74, 6) is -1.24. The predicted octanol–water partition coefficient (Wildman–Crippen LogP) is 3.09. The topological polar surface area (TPSA) is 87.0 Å². The maximum absolute atomic E-state index is 13.5. The van der Waals surface area contributed by atoms with E-state index in [-0.39, 0.29) is 34.3 Å². The Labute approximate surface area is 177 Å². The summed E-state index contributed by atoms with van der Waals surface area (Å²) in [5, 5.41) is 15.4. The average Bonchev–Trinajstić information content (AvgIpc) is 3.36. The van der Waals surface area contributed by atoms with Crippen molar-refractivity contribution in [3.63, 3.8) is 0 Å². The van der Waals surface area contributed by atoms with Gasteiger partial charge in [0.2, 0.25) is 5.91 Å². The molecule has 5 rings (SSSR count). The molecule has 3 fully saturated rings. The maximum Gasteiger partial charge on any atom is 0.289 e. The van der Waals surface area contributed by atoms with Crippen LogP contribution in [0.25, 0.3) is 0 Å². The van der Waals surface area contributed by atoms with Crippen LogP contribution < -0.4 is 4.90 Å². The minimum Gasteiger partial charge on any atom is -0.274 e. The van der Waals surface area contributed by atoms with E-state index < -0.39 is 16.9 Å². The van der Waals surface area contributed by atoms with Gasteiger partial charge >= 0.3 is 0 Å². The summed E-state index contributed by atoms with van der Waals surface area (Å²) in [7, 11) is 0. The van der Waals surface area contributed by atoms with E-state index in [2.05, 4.69) is 5.01 Å². The lowest BCUT2D eigenvalue weighted by Crippen LogP contribution is -2.44. The molecule has 0 spiro atoms. The molecule has 0 aliphatic carbocycles. The summed E-state index contributed by atoms with van der Waals surface area (Å²) in [6.45, 7) is 3.50. The Bertz CT molecular complexity index is 1070. The lowest BCUT2D eigenvalue weighted by molar-refractivity contribution is -0.384. The first-order valence-corrected chi connectivity index (χ1v) is 10.2.